The second-order valence-electron chi connectivity index (χ2n) is 7.44. The Labute approximate surface area is 163 Å². The molecular formula is C22H22N2O4. The minimum absolute atomic E-state index is 0.0327. The average Bonchev–Trinajstić information content (AvgIpc) is 3.16. The zero-order chi connectivity index (χ0) is 19.8. The number of rotatable bonds is 5. The molecule has 2 aromatic rings. The molecule has 4 rings (SSSR count). The molecule has 0 fully saturated rings. The number of fused-ring (bicyclic) bond motifs is 3. The first kappa shape index (κ1) is 18.1. The summed E-state index contributed by atoms with van der Waals surface area (Å²) in [6.07, 6.45) is 5.14. The predicted molar refractivity (Wildman–Crippen MR) is 108 cm³/mol. The fourth-order valence-corrected chi connectivity index (χ4v) is 4.13. The fourth-order valence-electron chi connectivity index (χ4n) is 4.13. The van der Waals surface area contributed by atoms with Crippen LogP contribution in [0.2, 0.25) is 0 Å². The van der Waals surface area contributed by atoms with E-state index >= 15 is 0 Å². The highest BCUT2D eigenvalue weighted by atomic mass is 16.6. The zero-order valence-corrected chi connectivity index (χ0v) is 15.6. The van der Waals surface area contributed by atoms with Gasteiger partial charge in [0.25, 0.3) is 5.69 Å². The van der Waals surface area contributed by atoms with Gasteiger partial charge in [-0.1, -0.05) is 30.9 Å². The number of ether oxygens (including phenoxy) is 1. The Morgan fingerprint density at radius 2 is 2.18 bits per heavy atom. The van der Waals surface area contributed by atoms with Gasteiger partial charge in [-0.3, -0.25) is 10.1 Å². The summed E-state index contributed by atoms with van der Waals surface area (Å²) >= 11 is 0. The van der Waals surface area contributed by atoms with Gasteiger partial charge in [-0.05, 0) is 42.5 Å². The summed E-state index contributed by atoms with van der Waals surface area (Å²) in [6.45, 7) is 6.20. The highest BCUT2D eigenvalue weighted by molar-refractivity contribution is 5.68. The Morgan fingerprint density at radius 3 is 2.93 bits per heavy atom. The maximum atomic E-state index is 11.2. The van der Waals surface area contributed by atoms with E-state index in [0.29, 0.717) is 17.9 Å². The van der Waals surface area contributed by atoms with Gasteiger partial charge in [0.2, 0.25) is 0 Å². The predicted octanol–water partition coefficient (Wildman–Crippen LogP) is 5.08. The summed E-state index contributed by atoms with van der Waals surface area (Å²) in [4.78, 5) is 10.8. The van der Waals surface area contributed by atoms with Crippen molar-refractivity contribution in [3.8, 4) is 11.5 Å². The number of benzene rings is 2. The maximum absolute atomic E-state index is 11.2. The number of non-ortho nitro benzene ring substituents is 1. The Balaban J connectivity index is 1.78. The van der Waals surface area contributed by atoms with Gasteiger partial charge in [0.15, 0.2) is 0 Å². The molecule has 6 nitrogen and oxygen atoms in total. The van der Waals surface area contributed by atoms with Crippen molar-refractivity contribution in [3.63, 3.8) is 0 Å². The number of phenolic OH excluding ortho intramolecular Hbond substituents is 1. The van der Waals surface area contributed by atoms with Crippen molar-refractivity contribution < 1.29 is 14.8 Å². The second-order valence-corrected chi connectivity index (χ2v) is 7.44. The van der Waals surface area contributed by atoms with Gasteiger partial charge in [-0.25, -0.2) is 0 Å². The summed E-state index contributed by atoms with van der Waals surface area (Å²) in [5.41, 5.74) is 3.43. The first-order valence-electron chi connectivity index (χ1n) is 9.26. The number of para-hydroxylation sites is 1. The number of anilines is 1. The summed E-state index contributed by atoms with van der Waals surface area (Å²) in [5.74, 6) is 1.09. The van der Waals surface area contributed by atoms with Crippen molar-refractivity contribution in [1.82, 2.24) is 0 Å². The number of aromatic hydroxyl groups is 1. The number of phenols is 1. The molecule has 0 aromatic heterocycles. The molecule has 0 radical (unpaired) electrons. The summed E-state index contributed by atoms with van der Waals surface area (Å²) in [6, 6.07) is 9.87. The first-order valence-corrected chi connectivity index (χ1v) is 9.26. The van der Waals surface area contributed by atoms with Crippen molar-refractivity contribution in [2.45, 2.75) is 25.3 Å². The highest BCUT2D eigenvalue weighted by Crippen LogP contribution is 2.53. The Hall–Kier alpha value is -3.28. The van der Waals surface area contributed by atoms with Crippen LogP contribution in [0.5, 0.6) is 11.5 Å². The molecule has 3 atom stereocenters. The van der Waals surface area contributed by atoms with E-state index in [1.807, 2.05) is 19.1 Å². The van der Waals surface area contributed by atoms with Gasteiger partial charge in [-0.15, -0.1) is 0 Å². The standard InChI is InChI=1S/C22H22N2O4/c1-13(2)12-28-20-8-4-7-17-15-5-3-6-16(15)21(23-22(17)20)18-11-14(24(26)27)9-10-19(18)25/h3-5,7-11,15-16,21,23,25H,1,6,12H2,2H3. The molecule has 1 heterocycles. The average molecular weight is 378 g/mol. The van der Waals surface area contributed by atoms with Crippen LogP contribution >= 0.6 is 0 Å². The zero-order valence-electron chi connectivity index (χ0n) is 15.6. The van der Waals surface area contributed by atoms with Crippen LogP contribution in [0.15, 0.2) is 60.7 Å². The van der Waals surface area contributed by atoms with Crippen molar-refractivity contribution in [1.29, 1.82) is 0 Å². The van der Waals surface area contributed by atoms with Crippen LogP contribution in [-0.2, 0) is 0 Å². The lowest BCUT2D eigenvalue weighted by Crippen LogP contribution is -2.29. The molecule has 3 unspecified atom stereocenters. The first-order chi connectivity index (χ1) is 13.5. The van der Waals surface area contributed by atoms with Gasteiger partial charge in [-0.2, -0.15) is 0 Å². The molecule has 144 valence electrons. The van der Waals surface area contributed by atoms with Crippen LogP contribution in [0.1, 0.15) is 36.4 Å². The van der Waals surface area contributed by atoms with E-state index in [9.17, 15) is 15.2 Å². The molecule has 1 aliphatic heterocycles. The molecule has 2 aromatic carbocycles. The second kappa shape index (κ2) is 7.03. The third kappa shape index (κ3) is 3.11. The molecule has 0 saturated heterocycles. The minimum atomic E-state index is -0.439. The minimum Gasteiger partial charge on any atom is -0.508 e. The topological polar surface area (TPSA) is 84.6 Å². The lowest BCUT2D eigenvalue weighted by Gasteiger charge is -2.38. The van der Waals surface area contributed by atoms with Crippen molar-refractivity contribution in [2.75, 3.05) is 11.9 Å². The summed E-state index contributed by atoms with van der Waals surface area (Å²) in [5, 5.41) is 25.2. The maximum Gasteiger partial charge on any atom is 0.270 e. The van der Waals surface area contributed by atoms with Gasteiger partial charge in [0.05, 0.1) is 16.7 Å². The quantitative estimate of drug-likeness (QED) is 0.430. The molecule has 0 saturated carbocycles. The van der Waals surface area contributed by atoms with Crippen LogP contribution in [0, 0.1) is 16.0 Å². The normalized spacial score (nSPS) is 22.1. The van der Waals surface area contributed by atoms with E-state index in [1.165, 1.54) is 18.2 Å². The molecule has 0 spiro atoms. The van der Waals surface area contributed by atoms with Crippen molar-refractivity contribution in [3.05, 3.63) is 81.9 Å². The third-order valence-corrected chi connectivity index (χ3v) is 5.39. The number of nitro benzene ring substituents is 1. The molecule has 2 N–H and O–H groups in total. The molecule has 0 bridgehead atoms. The molecule has 1 aliphatic carbocycles. The highest BCUT2D eigenvalue weighted by Gasteiger charge is 2.40. The van der Waals surface area contributed by atoms with E-state index in [1.54, 1.807) is 0 Å². The molecule has 0 amide bonds. The fraction of sp³-hybridized carbons (Fsp3) is 0.273. The molecule has 2 aliphatic rings. The molecule has 6 heteroatoms. The summed E-state index contributed by atoms with van der Waals surface area (Å²) in [7, 11) is 0. The largest absolute Gasteiger partial charge is 0.508 e. The van der Waals surface area contributed by atoms with Gasteiger partial charge in [0, 0.05) is 23.6 Å². The van der Waals surface area contributed by atoms with Gasteiger partial charge in [0.1, 0.15) is 18.1 Å². The van der Waals surface area contributed by atoms with E-state index in [-0.39, 0.29) is 29.3 Å². The molecular weight excluding hydrogens is 356 g/mol. The molecule has 28 heavy (non-hydrogen) atoms. The van der Waals surface area contributed by atoms with E-state index < -0.39 is 4.92 Å². The smallest absolute Gasteiger partial charge is 0.270 e. The van der Waals surface area contributed by atoms with Crippen LogP contribution in [0.3, 0.4) is 0 Å². The number of allylic oxidation sites excluding steroid dienone is 2. The van der Waals surface area contributed by atoms with Crippen LogP contribution < -0.4 is 10.1 Å². The van der Waals surface area contributed by atoms with E-state index in [4.69, 9.17) is 4.74 Å². The van der Waals surface area contributed by atoms with Crippen LogP contribution in [0.4, 0.5) is 11.4 Å². The number of hydrogen-bond acceptors (Lipinski definition) is 5. The lowest BCUT2D eigenvalue weighted by atomic mass is 9.76. The van der Waals surface area contributed by atoms with E-state index in [2.05, 4.69) is 30.1 Å². The Morgan fingerprint density at radius 1 is 1.36 bits per heavy atom. The van der Waals surface area contributed by atoms with Gasteiger partial charge >= 0.3 is 0 Å². The SMILES string of the molecule is C=C(C)COc1cccc2c1NC(c1cc([N+](=O)[O-])ccc1O)C1CC=CC21. The van der Waals surface area contributed by atoms with Crippen LogP contribution in [-0.4, -0.2) is 16.6 Å². The Kier molecular flexibility index (Phi) is 4.55. The Bertz CT molecular complexity index is 982. The number of hydrogen-bond donors (Lipinski definition) is 2. The summed E-state index contributed by atoms with van der Waals surface area (Å²) < 4.78 is 5.93. The van der Waals surface area contributed by atoms with E-state index in [0.717, 1.165) is 23.2 Å². The van der Waals surface area contributed by atoms with Crippen molar-refractivity contribution >= 4 is 11.4 Å². The lowest BCUT2D eigenvalue weighted by molar-refractivity contribution is -0.385. The van der Waals surface area contributed by atoms with Gasteiger partial charge < -0.3 is 15.2 Å². The van der Waals surface area contributed by atoms with Crippen LogP contribution in [0.25, 0.3) is 0 Å². The number of nitrogens with zero attached hydrogens (tertiary/aromatic N) is 1. The monoisotopic (exact) mass is 378 g/mol. The number of nitro groups is 1. The third-order valence-electron chi connectivity index (χ3n) is 5.39. The number of nitrogens with one attached hydrogen (secondary N) is 1. The van der Waals surface area contributed by atoms with Crippen molar-refractivity contribution in [2.24, 2.45) is 5.92 Å².